The van der Waals surface area contributed by atoms with E-state index in [9.17, 15) is 5.11 Å². The molecule has 5 rings (SSSR count). The summed E-state index contributed by atoms with van der Waals surface area (Å²) in [6.07, 6.45) is -3.22. The molecule has 6 heteroatoms. The maximum absolute atomic E-state index is 10.4. The van der Waals surface area contributed by atoms with E-state index in [2.05, 4.69) is 0 Å². The highest BCUT2D eigenvalue weighted by molar-refractivity contribution is 5.16. The Bertz CT molecular complexity index is 1240. The Balaban J connectivity index is 1.41. The summed E-state index contributed by atoms with van der Waals surface area (Å²) in [5.74, 6) is 0. The lowest BCUT2D eigenvalue weighted by Gasteiger charge is -2.45. The average Bonchev–Trinajstić information content (AvgIpc) is 3.03. The smallest absolute Gasteiger partial charge is 0.187 e. The summed E-state index contributed by atoms with van der Waals surface area (Å²) < 4.78 is 32.1. The zero-order chi connectivity index (χ0) is 27.4. The van der Waals surface area contributed by atoms with Crippen molar-refractivity contribution >= 4 is 0 Å². The Labute approximate surface area is 236 Å². The molecule has 0 amide bonds. The van der Waals surface area contributed by atoms with Gasteiger partial charge in [-0.25, -0.2) is 0 Å². The number of aliphatic hydroxyl groups is 1. The maximum Gasteiger partial charge on any atom is 0.187 e. The summed E-state index contributed by atoms with van der Waals surface area (Å²) in [7, 11) is 0. The molecule has 0 spiro atoms. The van der Waals surface area contributed by atoms with Gasteiger partial charge in [0.1, 0.15) is 24.4 Å². The summed E-state index contributed by atoms with van der Waals surface area (Å²) in [6, 6.07) is 39.8. The van der Waals surface area contributed by atoms with Crippen molar-refractivity contribution in [2.45, 2.75) is 57.1 Å². The van der Waals surface area contributed by atoms with Crippen molar-refractivity contribution in [1.82, 2.24) is 0 Å². The number of aliphatic hydroxyl groups excluding tert-OH is 1. The molecule has 1 aliphatic rings. The number of hydrogen-bond donors (Lipinski definition) is 1. The quantitative estimate of drug-likeness (QED) is 0.236. The minimum Gasteiger partial charge on any atom is -0.394 e. The van der Waals surface area contributed by atoms with Gasteiger partial charge in [0.25, 0.3) is 0 Å². The monoisotopic (exact) mass is 540 g/mol. The fourth-order valence-corrected chi connectivity index (χ4v) is 4.78. The molecule has 0 aromatic heterocycles. The molecule has 4 aromatic rings. The predicted molar refractivity (Wildman–Crippen MR) is 152 cm³/mol. The molecule has 0 bridgehead atoms. The molecule has 1 N–H and O–H groups in total. The van der Waals surface area contributed by atoms with E-state index in [4.69, 9.17) is 23.7 Å². The maximum atomic E-state index is 10.4. The minimum absolute atomic E-state index is 0.249. The first-order valence-electron chi connectivity index (χ1n) is 13.7. The third-order valence-corrected chi connectivity index (χ3v) is 6.88. The summed E-state index contributed by atoms with van der Waals surface area (Å²) in [5.41, 5.74) is 4.08. The number of ether oxygens (including phenoxy) is 5. The second-order valence-electron chi connectivity index (χ2n) is 9.81. The highest BCUT2D eigenvalue weighted by Gasteiger charge is 2.48. The van der Waals surface area contributed by atoms with Crippen molar-refractivity contribution in [2.75, 3.05) is 6.61 Å². The van der Waals surface area contributed by atoms with Gasteiger partial charge in [0.2, 0.25) is 0 Å². The van der Waals surface area contributed by atoms with Crippen molar-refractivity contribution in [2.24, 2.45) is 0 Å². The molecule has 1 fully saturated rings. The summed E-state index contributed by atoms with van der Waals surface area (Å²) in [5, 5.41) is 10.4. The number of rotatable bonds is 13. The van der Waals surface area contributed by atoms with Crippen LogP contribution in [0, 0.1) is 0 Å². The van der Waals surface area contributed by atoms with Crippen molar-refractivity contribution in [3.63, 3.8) is 0 Å². The Hall–Kier alpha value is -3.36. The SMILES string of the molecule is OC[C@@H]1O[C@H](OCc2ccccc2)[C@H](OCc2ccccc2)[C@@H](OCc2ccccc2)[C@@H]1OCc1ccccc1. The van der Waals surface area contributed by atoms with E-state index in [0.717, 1.165) is 22.3 Å². The summed E-state index contributed by atoms with van der Waals surface area (Å²) in [4.78, 5) is 0. The van der Waals surface area contributed by atoms with Crippen molar-refractivity contribution in [3.05, 3.63) is 144 Å². The Morgan fingerprint density at radius 2 is 0.800 bits per heavy atom. The fourth-order valence-electron chi connectivity index (χ4n) is 4.78. The number of hydrogen-bond acceptors (Lipinski definition) is 6. The standard InChI is InChI=1S/C34H36O6/c35-21-30-31(36-22-26-13-5-1-6-14-26)32(37-23-27-15-7-2-8-16-27)33(38-24-28-17-9-3-10-18-28)34(40-30)39-25-29-19-11-4-12-20-29/h1-20,30-35H,21-25H2/t30-,31+,32-,33+,34-/m0/s1. The van der Waals surface area contributed by atoms with Gasteiger partial charge in [0, 0.05) is 0 Å². The second kappa shape index (κ2) is 14.9. The van der Waals surface area contributed by atoms with Crippen LogP contribution in [-0.2, 0) is 50.1 Å². The molecule has 1 heterocycles. The molecule has 0 radical (unpaired) electrons. The van der Waals surface area contributed by atoms with Gasteiger partial charge in [-0.2, -0.15) is 0 Å². The Morgan fingerprint density at radius 3 is 1.20 bits per heavy atom. The molecule has 6 nitrogen and oxygen atoms in total. The first kappa shape index (κ1) is 28.2. The molecule has 5 atom stereocenters. The fraction of sp³-hybridized carbons (Fsp3) is 0.294. The normalized spacial score (nSPS) is 22.7. The van der Waals surface area contributed by atoms with E-state index in [-0.39, 0.29) is 6.61 Å². The van der Waals surface area contributed by atoms with Gasteiger partial charge in [0.15, 0.2) is 6.29 Å². The highest BCUT2D eigenvalue weighted by atomic mass is 16.7. The van der Waals surface area contributed by atoms with Crippen LogP contribution in [0.5, 0.6) is 0 Å². The summed E-state index contributed by atoms with van der Waals surface area (Å²) in [6.45, 7) is 1.13. The van der Waals surface area contributed by atoms with Gasteiger partial charge in [-0.1, -0.05) is 121 Å². The lowest BCUT2D eigenvalue weighted by molar-refractivity contribution is -0.329. The lowest BCUT2D eigenvalue weighted by Crippen LogP contribution is -2.61. The third-order valence-electron chi connectivity index (χ3n) is 6.88. The van der Waals surface area contributed by atoms with E-state index in [0.29, 0.717) is 26.4 Å². The molecule has 1 aliphatic heterocycles. The molecule has 0 aliphatic carbocycles. The van der Waals surface area contributed by atoms with E-state index < -0.39 is 30.7 Å². The Kier molecular flexibility index (Phi) is 10.5. The zero-order valence-corrected chi connectivity index (χ0v) is 22.5. The van der Waals surface area contributed by atoms with Crippen LogP contribution >= 0.6 is 0 Å². The first-order chi connectivity index (χ1) is 19.8. The topological polar surface area (TPSA) is 66.4 Å². The van der Waals surface area contributed by atoms with Crippen LogP contribution in [0.2, 0.25) is 0 Å². The molecule has 208 valence electrons. The van der Waals surface area contributed by atoms with Crippen molar-refractivity contribution < 1.29 is 28.8 Å². The van der Waals surface area contributed by atoms with E-state index in [1.165, 1.54) is 0 Å². The second-order valence-corrected chi connectivity index (χ2v) is 9.81. The molecule has 0 unspecified atom stereocenters. The van der Waals surface area contributed by atoms with Crippen LogP contribution in [0.15, 0.2) is 121 Å². The van der Waals surface area contributed by atoms with E-state index in [1.54, 1.807) is 0 Å². The van der Waals surface area contributed by atoms with Gasteiger partial charge < -0.3 is 28.8 Å². The third kappa shape index (κ3) is 7.86. The molecular weight excluding hydrogens is 504 g/mol. The Morgan fingerprint density at radius 1 is 0.450 bits per heavy atom. The van der Waals surface area contributed by atoms with Crippen LogP contribution in [0.1, 0.15) is 22.3 Å². The highest BCUT2D eigenvalue weighted by Crippen LogP contribution is 2.31. The van der Waals surface area contributed by atoms with Gasteiger partial charge in [-0.05, 0) is 22.3 Å². The van der Waals surface area contributed by atoms with Crippen LogP contribution in [0.4, 0.5) is 0 Å². The van der Waals surface area contributed by atoms with Crippen LogP contribution in [-0.4, -0.2) is 42.4 Å². The number of benzene rings is 4. The predicted octanol–water partition coefficient (Wildman–Crippen LogP) is 5.68. The van der Waals surface area contributed by atoms with Gasteiger partial charge in [-0.15, -0.1) is 0 Å². The zero-order valence-electron chi connectivity index (χ0n) is 22.5. The molecular formula is C34H36O6. The molecule has 40 heavy (non-hydrogen) atoms. The van der Waals surface area contributed by atoms with Gasteiger partial charge in [0.05, 0.1) is 33.0 Å². The van der Waals surface area contributed by atoms with Crippen molar-refractivity contribution in [1.29, 1.82) is 0 Å². The van der Waals surface area contributed by atoms with Crippen LogP contribution in [0.3, 0.4) is 0 Å². The van der Waals surface area contributed by atoms with Gasteiger partial charge in [-0.3, -0.25) is 0 Å². The van der Waals surface area contributed by atoms with Crippen LogP contribution < -0.4 is 0 Å². The van der Waals surface area contributed by atoms with E-state index in [1.807, 2.05) is 121 Å². The minimum atomic E-state index is -0.779. The van der Waals surface area contributed by atoms with Crippen molar-refractivity contribution in [3.8, 4) is 0 Å². The largest absolute Gasteiger partial charge is 0.394 e. The van der Waals surface area contributed by atoms with Gasteiger partial charge >= 0.3 is 0 Å². The molecule has 1 saturated heterocycles. The average molecular weight is 541 g/mol. The van der Waals surface area contributed by atoms with Crippen LogP contribution in [0.25, 0.3) is 0 Å². The lowest BCUT2D eigenvalue weighted by atomic mass is 9.97. The molecule has 4 aromatic carbocycles. The summed E-state index contributed by atoms with van der Waals surface area (Å²) >= 11 is 0. The van der Waals surface area contributed by atoms with E-state index >= 15 is 0 Å². The first-order valence-corrected chi connectivity index (χ1v) is 13.7. The molecule has 0 saturated carbocycles.